The Labute approximate surface area is 211 Å². The molecule has 1 saturated heterocycles. The van der Waals surface area contributed by atoms with Gasteiger partial charge < -0.3 is 16.0 Å². The van der Waals surface area contributed by atoms with Gasteiger partial charge in [0.1, 0.15) is 11.5 Å². The van der Waals surface area contributed by atoms with E-state index in [-0.39, 0.29) is 17.6 Å². The van der Waals surface area contributed by atoms with E-state index in [4.69, 9.17) is 5.73 Å². The van der Waals surface area contributed by atoms with Crippen LogP contribution in [-0.2, 0) is 6.54 Å². The van der Waals surface area contributed by atoms with Gasteiger partial charge in [-0.25, -0.2) is 19.3 Å². The Morgan fingerprint density at radius 2 is 1.83 bits per heavy atom. The lowest BCUT2D eigenvalue weighted by Crippen LogP contribution is -2.45. The Morgan fingerprint density at radius 3 is 2.47 bits per heavy atom. The molecule has 36 heavy (non-hydrogen) atoms. The molecule has 3 aromatic rings. The number of likely N-dealkylation sites (N-methyl/N-ethyl adjacent to an activating group) is 1. The topological polar surface area (TPSA) is 108 Å². The third kappa shape index (κ3) is 6.00. The van der Waals surface area contributed by atoms with Gasteiger partial charge in [0.25, 0.3) is 0 Å². The van der Waals surface area contributed by atoms with Crippen LogP contribution in [0.3, 0.4) is 0 Å². The summed E-state index contributed by atoms with van der Waals surface area (Å²) in [6.07, 6.45) is 4.49. The van der Waals surface area contributed by atoms with Crippen molar-refractivity contribution in [1.29, 1.82) is 0 Å². The number of nitrogens with zero attached hydrogens (tertiary/aromatic N) is 7. The smallest absolute Gasteiger partial charge is 0.229 e. The molecule has 3 N–H and O–H groups in total. The molecule has 0 bridgehead atoms. The monoisotopic (exact) mass is 491 g/mol. The maximum absolute atomic E-state index is 14.7. The van der Waals surface area contributed by atoms with Crippen LogP contribution in [-0.4, -0.2) is 75.2 Å². The first kappa shape index (κ1) is 25.6. The van der Waals surface area contributed by atoms with Crippen molar-refractivity contribution in [3.05, 3.63) is 53.7 Å². The highest BCUT2D eigenvalue weighted by atomic mass is 19.1. The number of halogens is 1. The summed E-state index contributed by atoms with van der Waals surface area (Å²) in [5, 5.41) is 3.07. The van der Waals surface area contributed by atoms with Crippen molar-refractivity contribution in [2.75, 3.05) is 50.8 Å². The summed E-state index contributed by atoms with van der Waals surface area (Å²) in [5.74, 6) is 0.388. The fourth-order valence-corrected chi connectivity index (χ4v) is 4.34. The number of nitrogens with two attached hydrogens (primary N) is 1. The lowest BCUT2D eigenvalue weighted by Gasteiger charge is -2.33. The highest BCUT2D eigenvalue weighted by Gasteiger charge is 2.18. The molecule has 0 saturated carbocycles. The number of nitrogens with one attached hydrogen (secondary N) is 1. The number of aromatic nitrogens is 4. The number of rotatable bonds is 8. The first-order valence-corrected chi connectivity index (χ1v) is 12.3. The van der Waals surface area contributed by atoms with Gasteiger partial charge in [0, 0.05) is 57.2 Å². The van der Waals surface area contributed by atoms with E-state index in [2.05, 4.69) is 47.0 Å². The fraction of sp³-hybridized carbons (Fsp3) is 0.423. The summed E-state index contributed by atoms with van der Waals surface area (Å²) in [6, 6.07) is 5.65. The molecule has 0 aromatic carbocycles. The van der Waals surface area contributed by atoms with Crippen LogP contribution in [0.5, 0.6) is 0 Å². The van der Waals surface area contributed by atoms with Gasteiger partial charge in [-0.2, -0.15) is 0 Å². The van der Waals surface area contributed by atoms with Gasteiger partial charge in [-0.3, -0.25) is 14.9 Å². The Bertz CT molecular complexity index is 1200. The number of anilines is 3. The van der Waals surface area contributed by atoms with Crippen molar-refractivity contribution in [1.82, 2.24) is 29.7 Å². The molecule has 0 amide bonds. The van der Waals surface area contributed by atoms with Crippen LogP contribution in [0.2, 0.25) is 0 Å². The molecule has 0 unspecified atom stereocenters. The number of pyridine rings is 2. The molecule has 1 fully saturated rings. The SMILES string of the molecule is CCN1CCN(Cc2ccc(Nc3ncc(F)c(-c4cc(C(=NC)C(C)C)c(N)cn4)n3)nc2)CC1. The van der Waals surface area contributed by atoms with Gasteiger partial charge in [-0.15, -0.1) is 0 Å². The third-order valence-corrected chi connectivity index (χ3v) is 6.37. The molecule has 1 aliphatic rings. The molecular weight excluding hydrogens is 457 g/mol. The van der Waals surface area contributed by atoms with E-state index in [0.717, 1.165) is 62.3 Å². The number of piperazine rings is 1. The minimum Gasteiger partial charge on any atom is -0.397 e. The molecule has 3 aromatic heterocycles. The first-order chi connectivity index (χ1) is 17.4. The minimum atomic E-state index is -0.574. The van der Waals surface area contributed by atoms with Crippen LogP contribution < -0.4 is 11.1 Å². The first-order valence-electron chi connectivity index (χ1n) is 12.3. The molecule has 4 heterocycles. The van der Waals surface area contributed by atoms with Crippen molar-refractivity contribution in [3.8, 4) is 11.4 Å². The van der Waals surface area contributed by atoms with E-state index in [1.807, 2.05) is 32.2 Å². The van der Waals surface area contributed by atoms with Crippen LogP contribution in [0.1, 0.15) is 31.9 Å². The zero-order valence-corrected chi connectivity index (χ0v) is 21.4. The Morgan fingerprint density at radius 1 is 1.08 bits per heavy atom. The minimum absolute atomic E-state index is 0.0794. The highest BCUT2D eigenvalue weighted by molar-refractivity contribution is 6.06. The molecule has 0 spiro atoms. The van der Waals surface area contributed by atoms with Crippen molar-refractivity contribution in [2.45, 2.75) is 27.3 Å². The van der Waals surface area contributed by atoms with Crippen LogP contribution in [0, 0.1) is 11.7 Å². The third-order valence-electron chi connectivity index (χ3n) is 6.37. The maximum atomic E-state index is 14.7. The van der Waals surface area contributed by atoms with E-state index >= 15 is 0 Å². The molecule has 9 nitrogen and oxygen atoms in total. The van der Waals surface area contributed by atoms with Crippen LogP contribution >= 0.6 is 0 Å². The Balaban J connectivity index is 1.49. The highest BCUT2D eigenvalue weighted by Crippen LogP contribution is 2.25. The second-order valence-corrected chi connectivity index (χ2v) is 9.20. The summed E-state index contributed by atoms with van der Waals surface area (Å²) < 4.78 is 14.7. The molecule has 10 heteroatoms. The summed E-state index contributed by atoms with van der Waals surface area (Å²) in [4.78, 5) is 26.5. The van der Waals surface area contributed by atoms with Crippen molar-refractivity contribution < 1.29 is 4.39 Å². The lowest BCUT2D eigenvalue weighted by molar-refractivity contribution is 0.132. The van der Waals surface area contributed by atoms with Crippen molar-refractivity contribution >= 4 is 23.2 Å². The van der Waals surface area contributed by atoms with Crippen LogP contribution in [0.4, 0.5) is 21.8 Å². The predicted molar refractivity (Wildman–Crippen MR) is 142 cm³/mol. The van der Waals surface area contributed by atoms with E-state index < -0.39 is 5.82 Å². The van der Waals surface area contributed by atoms with E-state index in [1.54, 1.807) is 13.1 Å². The largest absolute Gasteiger partial charge is 0.397 e. The van der Waals surface area contributed by atoms with Crippen molar-refractivity contribution in [3.63, 3.8) is 0 Å². The molecule has 0 aliphatic carbocycles. The second kappa shape index (κ2) is 11.5. The average molecular weight is 492 g/mol. The van der Waals surface area contributed by atoms with Crippen molar-refractivity contribution in [2.24, 2.45) is 10.9 Å². The normalized spacial score (nSPS) is 15.4. The Hall–Kier alpha value is -3.50. The molecule has 1 aliphatic heterocycles. The number of hydrogen-bond acceptors (Lipinski definition) is 9. The van der Waals surface area contributed by atoms with Gasteiger partial charge in [0.15, 0.2) is 5.82 Å². The zero-order valence-electron chi connectivity index (χ0n) is 21.4. The number of aliphatic imine (C=N–C) groups is 1. The Kier molecular flexibility index (Phi) is 8.17. The summed E-state index contributed by atoms with van der Waals surface area (Å²) >= 11 is 0. The summed E-state index contributed by atoms with van der Waals surface area (Å²) in [7, 11) is 1.72. The maximum Gasteiger partial charge on any atom is 0.229 e. The lowest BCUT2D eigenvalue weighted by atomic mass is 9.98. The second-order valence-electron chi connectivity index (χ2n) is 9.20. The zero-order chi connectivity index (χ0) is 25.7. The molecule has 190 valence electrons. The van der Waals surface area contributed by atoms with E-state index in [0.29, 0.717) is 17.2 Å². The average Bonchev–Trinajstić information content (AvgIpc) is 2.88. The fourth-order valence-electron chi connectivity index (χ4n) is 4.34. The number of hydrogen-bond donors (Lipinski definition) is 2. The molecule has 4 rings (SSSR count). The van der Waals surface area contributed by atoms with E-state index in [9.17, 15) is 4.39 Å². The van der Waals surface area contributed by atoms with Crippen LogP contribution in [0.15, 0.2) is 41.8 Å². The molecular formula is C26H34FN9. The standard InChI is InChI=1S/C26H34FN9/c1-5-35-8-10-36(11-9-35)16-18-6-7-23(31-13-18)33-26-32-14-20(27)25(34-26)22-12-19(21(28)15-30-22)24(29-4)17(2)3/h6-7,12-15,17H,5,8-11,16,28H2,1-4H3,(H,31,32,33,34). The summed E-state index contributed by atoms with van der Waals surface area (Å²) in [5.41, 5.74) is 9.74. The van der Waals surface area contributed by atoms with Crippen LogP contribution in [0.25, 0.3) is 11.4 Å². The molecule has 0 radical (unpaired) electrons. The summed E-state index contributed by atoms with van der Waals surface area (Å²) in [6.45, 7) is 12.5. The van der Waals surface area contributed by atoms with E-state index in [1.165, 1.54) is 6.20 Å². The van der Waals surface area contributed by atoms with Gasteiger partial charge in [0.05, 0.1) is 23.8 Å². The predicted octanol–water partition coefficient (Wildman–Crippen LogP) is 3.61. The number of nitrogen functional groups attached to an aromatic ring is 1. The molecule has 0 atom stereocenters. The van der Waals surface area contributed by atoms with Gasteiger partial charge in [-0.05, 0) is 30.2 Å². The van der Waals surface area contributed by atoms with Gasteiger partial charge in [0.2, 0.25) is 5.95 Å². The van der Waals surface area contributed by atoms with Gasteiger partial charge >= 0.3 is 0 Å². The van der Waals surface area contributed by atoms with Gasteiger partial charge in [-0.1, -0.05) is 26.8 Å². The quantitative estimate of drug-likeness (QED) is 0.460.